The van der Waals surface area contributed by atoms with Crippen molar-refractivity contribution in [2.45, 2.75) is 77.4 Å². The molecule has 0 amide bonds. The van der Waals surface area contributed by atoms with E-state index in [1.807, 2.05) is 6.07 Å². The van der Waals surface area contributed by atoms with E-state index in [-0.39, 0.29) is 18.2 Å². The van der Waals surface area contributed by atoms with Gasteiger partial charge in [0.1, 0.15) is 12.0 Å². The van der Waals surface area contributed by atoms with Gasteiger partial charge in [0, 0.05) is 6.61 Å². The van der Waals surface area contributed by atoms with Crippen molar-refractivity contribution < 1.29 is 14.3 Å². The maximum absolute atomic E-state index is 13.4. The van der Waals surface area contributed by atoms with Crippen LogP contribution in [0.25, 0.3) is 0 Å². The summed E-state index contributed by atoms with van der Waals surface area (Å²) in [6.07, 6.45) is 6.03. The van der Waals surface area contributed by atoms with Crippen LogP contribution in [-0.2, 0) is 14.3 Å². The number of benzene rings is 1. The molecule has 0 unspecified atom stereocenters. The number of halogens is 2. The molecule has 2 fully saturated rings. The van der Waals surface area contributed by atoms with Gasteiger partial charge in [0.15, 0.2) is 0 Å². The van der Waals surface area contributed by atoms with E-state index in [0.717, 1.165) is 37.7 Å². The lowest BCUT2D eigenvalue weighted by molar-refractivity contribution is -0.163. The van der Waals surface area contributed by atoms with E-state index < -0.39 is 5.92 Å². The Balaban J connectivity index is 1.84. The highest BCUT2D eigenvalue weighted by Crippen LogP contribution is 2.38. The van der Waals surface area contributed by atoms with E-state index in [4.69, 9.17) is 32.7 Å². The van der Waals surface area contributed by atoms with E-state index >= 15 is 0 Å². The van der Waals surface area contributed by atoms with Gasteiger partial charge in [-0.25, -0.2) is 0 Å². The summed E-state index contributed by atoms with van der Waals surface area (Å²) in [5, 5.41) is 0.946. The van der Waals surface area contributed by atoms with Crippen LogP contribution < -0.4 is 0 Å². The second-order valence-electron chi connectivity index (χ2n) is 8.86. The summed E-state index contributed by atoms with van der Waals surface area (Å²) in [5.41, 5.74) is 0.830. The third-order valence-corrected chi connectivity index (χ3v) is 7.11. The summed E-state index contributed by atoms with van der Waals surface area (Å²) < 4.78 is 12.2. The zero-order chi connectivity index (χ0) is 20.3. The van der Waals surface area contributed by atoms with Gasteiger partial charge >= 0.3 is 5.97 Å². The Morgan fingerprint density at radius 3 is 2.57 bits per heavy atom. The minimum atomic E-state index is -0.458. The van der Waals surface area contributed by atoms with Gasteiger partial charge in [-0.05, 0) is 67.6 Å². The van der Waals surface area contributed by atoms with Crippen LogP contribution in [0.2, 0.25) is 10.0 Å². The smallest absolute Gasteiger partial charge is 0.316 e. The standard InChI is InChI=1S/C23H32Cl2O3/c1-14(2)17-9-7-15(3)12-21(17)28-23(26)22(20-6-4-5-11-27-20)16-8-10-18(24)19(25)13-16/h8,10,13-15,17,20-22H,4-7,9,11-12H2,1-3H3/t15-,17+,20+,21-,22+/m1/s1. The average Bonchev–Trinajstić information content (AvgIpc) is 2.65. The van der Waals surface area contributed by atoms with Crippen LogP contribution >= 0.6 is 23.2 Å². The monoisotopic (exact) mass is 426 g/mol. The lowest BCUT2D eigenvalue weighted by Gasteiger charge is -2.38. The molecule has 1 aromatic rings. The second kappa shape index (κ2) is 9.82. The minimum absolute atomic E-state index is 0.0230. The summed E-state index contributed by atoms with van der Waals surface area (Å²) >= 11 is 12.3. The lowest BCUT2D eigenvalue weighted by atomic mass is 9.75. The molecule has 1 aliphatic heterocycles. The Bertz CT molecular complexity index is 670. The van der Waals surface area contributed by atoms with E-state index in [2.05, 4.69) is 20.8 Å². The highest BCUT2D eigenvalue weighted by atomic mass is 35.5. The van der Waals surface area contributed by atoms with Crippen molar-refractivity contribution in [2.24, 2.45) is 17.8 Å². The Kier molecular flexibility index (Phi) is 7.69. The Morgan fingerprint density at radius 1 is 1.14 bits per heavy atom. The highest BCUT2D eigenvalue weighted by Gasteiger charge is 2.38. The third kappa shape index (κ3) is 5.23. The van der Waals surface area contributed by atoms with Crippen LogP contribution in [-0.4, -0.2) is 24.8 Å². The largest absolute Gasteiger partial charge is 0.462 e. The Morgan fingerprint density at radius 2 is 1.93 bits per heavy atom. The molecule has 28 heavy (non-hydrogen) atoms. The molecule has 3 rings (SSSR count). The normalized spacial score (nSPS) is 29.5. The molecule has 2 aliphatic rings. The molecule has 0 N–H and O–H groups in total. The number of carbonyl (C=O) groups is 1. The minimum Gasteiger partial charge on any atom is -0.462 e. The van der Waals surface area contributed by atoms with Crippen LogP contribution in [0.4, 0.5) is 0 Å². The molecule has 3 nitrogen and oxygen atoms in total. The van der Waals surface area contributed by atoms with Gasteiger partial charge in [-0.1, -0.05) is 56.5 Å². The number of carbonyl (C=O) groups excluding carboxylic acids is 1. The van der Waals surface area contributed by atoms with Gasteiger partial charge in [0.2, 0.25) is 0 Å². The molecule has 5 atom stereocenters. The van der Waals surface area contributed by atoms with E-state index in [0.29, 0.717) is 34.4 Å². The molecule has 1 saturated heterocycles. The lowest BCUT2D eigenvalue weighted by Crippen LogP contribution is -2.40. The van der Waals surface area contributed by atoms with Gasteiger partial charge < -0.3 is 9.47 Å². The molecule has 0 aromatic heterocycles. The molecule has 1 aliphatic carbocycles. The third-order valence-electron chi connectivity index (χ3n) is 6.37. The fourth-order valence-corrected chi connectivity index (χ4v) is 5.02. The van der Waals surface area contributed by atoms with Crippen LogP contribution in [0, 0.1) is 17.8 Å². The van der Waals surface area contributed by atoms with Crippen molar-refractivity contribution in [1.29, 1.82) is 0 Å². The number of rotatable bonds is 5. The summed E-state index contributed by atoms with van der Waals surface area (Å²) in [6.45, 7) is 7.38. The van der Waals surface area contributed by atoms with Gasteiger partial charge in [-0.2, -0.15) is 0 Å². The molecule has 0 spiro atoms. The predicted molar refractivity (Wildman–Crippen MR) is 114 cm³/mol. The molecule has 0 bridgehead atoms. The average molecular weight is 427 g/mol. The maximum Gasteiger partial charge on any atom is 0.316 e. The van der Waals surface area contributed by atoms with Crippen LogP contribution in [0.15, 0.2) is 18.2 Å². The summed E-state index contributed by atoms with van der Waals surface area (Å²) in [7, 11) is 0. The number of hydrogen-bond acceptors (Lipinski definition) is 3. The number of hydrogen-bond donors (Lipinski definition) is 0. The van der Waals surface area contributed by atoms with Crippen molar-refractivity contribution in [2.75, 3.05) is 6.61 Å². The first-order valence-electron chi connectivity index (χ1n) is 10.6. The molecule has 156 valence electrons. The van der Waals surface area contributed by atoms with Crippen molar-refractivity contribution in [3.05, 3.63) is 33.8 Å². The van der Waals surface area contributed by atoms with Crippen molar-refractivity contribution >= 4 is 29.2 Å². The molecule has 0 radical (unpaired) electrons. The fraction of sp³-hybridized carbons (Fsp3) is 0.696. The zero-order valence-electron chi connectivity index (χ0n) is 17.1. The molecular weight excluding hydrogens is 395 g/mol. The van der Waals surface area contributed by atoms with E-state index in [1.165, 1.54) is 6.42 Å². The fourth-order valence-electron chi connectivity index (χ4n) is 4.71. The second-order valence-corrected chi connectivity index (χ2v) is 9.67. The van der Waals surface area contributed by atoms with Gasteiger partial charge in [0.25, 0.3) is 0 Å². The number of esters is 1. The first-order valence-corrected chi connectivity index (χ1v) is 11.4. The number of ether oxygens (including phenoxy) is 2. The Hall–Kier alpha value is -0.770. The van der Waals surface area contributed by atoms with Crippen LogP contribution in [0.5, 0.6) is 0 Å². The van der Waals surface area contributed by atoms with Gasteiger partial charge in [-0.3, -0.25) is 4.79 Å². The van der Waals surface area contributed by atoms with Crippen molar-refractivity contribution in [3.63, 3.8) is 0 Å². The highest BCUT2D eigenvalue weighted by molar-refractivity contribution is 6.42. The summed E-state index contributed by atoms with van der Waals surface area (Å²) in [4.78, 5) is 13.4. The Labute approximate surface area is 179 Å². The van der Waals surface area contributed by atoms with Crippen molar-refractivity contribution in [1.82, 2.24) is 0 Å². The topological polar surface area (TPSA) is 35.5 Å². The molecule has 1 aromatic carbocycles. The first-order chi connectivity index (χ1) is 13.4. The summed E-state index contributed by atoms with van der Waals surface area (Å²) in [6, 6.07) is 5.42. The van der Waals surface area contributed by atoms with Gasteiger partial charge in [-0.15, -0.1) is 0 Å². The maximum atomic E-state index is 13.4. The predicted octanol–water partition coefficient (Wildman–Crippen LogP) is 6.65. The quantitative estimate of drug-likeness (QED) is 0.494. The molecular formula is C23H32Cl2O3. The summed E-state index contributed by atoms with van der Waals surface area (Å²) in [5.74, 6) is 0.860. The van der Waals surface area contributed by atoms with Crippen molar-refractivity contribution in [3.8, 4) is 0 Å². The van der Waals surface area contributed by atoms with Gasteiger partial charge in [0.05, 0.1) is 16.1 Å². The zero-order valence-corrected chi connectivity index (χ0v) is 18.6. The van der Waals surface area contributed by atoms with E-state index in [9.17, 15) is 4.79 Å². The molecule has 1 saturated carbocycles. The molecule has 5 heteroatoms. The first kappa shape index (κ1) is 21.9. The molecule has 1 heterocycles. The van der Waals surface area contributed by atoms with Crippen LogP contribution in [0.3, 0.4) is 0 Å². The SMILES string of the molecule is CC(C)[C@@H]1CC[C@@H](C)C[C@H]1OC(=O)[C@@H](c1ccc(Cl)c(Cl)c1)[C@@H]1CCCCO1. The van der Waals surface area contributed by atoms with Crippen LogP contribution in [0.1, 0.15) is 70.8 Å². The van der Waals surface area contributed by atoms with E-state index in [1.54, 1.807) is 12.1 Å².